The first-order valence-corrected chi connectivity index (χ1v) is 10.2. The highest BCUT2D eigenvalue weighted by atomic mass is 19.4. The largest absolute Gasteiger partial charge is 0.484 e. The number of hydrogen-bond acceptors (Lipinski definition) is 5. The maximum Gasteiger partial charge on any atom is 0.417 e. The van der Waals surface area contributed by atoms with Crippen LogP contribution in [-0.2, 0) is 30.4 Å². The Morgan fingerprint density at radius 2 is 2.00 bits per heavy atom. The number of hydrogen-bond donors (Lipinski definition) is 1. The fraction of sp³-hybridized carbons (Fsp3) is 0.318. The van der Waals surface area contributed by atoms with Gasteiger partial charge in [-0.15, -0.1) is 10.2 Å². The summed E-state index contributed by atoms with van der Waals surface area (Å²) in [4.78, 5) is 12.2. The van der Waals surface area contributed by atoms with E-state index >= 15 is 0 Å². The van der Waals surface area contributed by atoms with Crippen LogP contribution in [0, 0.1) is 0 Å². The second-order valence-electron chi connectivity index (χ2n) is 7.69. The molecular formula is C22H19F3N4O3. The number of amides is 1. The highest BCUT2D eigenvalue weighted by Gasteiger charge is 2.31. The van der Waals surface area contributed by atoms with E-state index in [0.717, 1.165) is 54.7 Å². The van der Waals surface area contributed by atoms with Crippen molar-refractivity contribution in [2.75, 3.05) is 6.61 Å². The van der Waals surface area contributed by atoms with Gasteiger partial charge in [0.2, 0.25) is 0 Å². The van der Waals surface area contributed by atoms with Crippen LogP contribution < -0.4 is 10.1 Å². The lowest BCUT2D eigenvalue weighted by Gasteiger charge is -2.10. The molecule has 0 atom stereocenters. The highest BCUT2D eigenvalue weighted by Crippen LogP contribution is 2.34. The summed E-state index contributed by atoms with van der Waals surface area (Å²) in [5, 5.41) is 11.3. The molecule has 0 aliphatic heterocycles. The number of aromatic nitrogens is 3. The van der Waals surface area contributed by atoms with Gasteiger partial charge >= 0.3 is 6.18 Å². The summed E-state index contributed by atoms with van der Waals surface area (Å²) in [5.41, 5.74) is 1.46. The summed E-state index contributed by atoms with van der Waals surface area (Å²) in [7, 11) is 0. The molecule has 0 radical (unpaired) electrons. The van der Waals surface area contributed by atoms with E-state index in [1.54, 1.807) is 6.07 Å². The van der Waals surface area contributed by atoms with Crippen LogP contribution >= 0.6 is 0 Å². The van der Waals surface area contributed by atoms with Crippen molar-refractivity contribution in [3.63, 3.8) is 0 Å². The molecule has 1 aliphatic rings. The van der Waals surface area contributed by atoms with E-state index in [1.807, 2.05) is 12.1 Å². The molecule has 166 valence electrons. The quantitative estimate of drug-likeness (QED) is 0.502. The highest BCUT2D eigenvalue weighted by molar-refractivity contribution is 5.84. The number of fused-ring (bicyclic) bond motifs is 4. The molecule has 0 fully saturated rings. The fourth-order valence-corrected chi connectivity index (χ4v) is 3.94. The van der Waals surface area contributed by atoms with Gasteiger partial charge in [-0.1, -0.05) is 0 Å². The van der Waals surface area contributed by atoms with Crippen molar-refractivity contribution in [2.24, 2.45) is 0 Å². The topological polar surface area (TPSA) is 81.7 Å². The molecule has 0 spiro atoms. The molecule has 1 N–H and O–H groups in total. The van der Waals surface area contributed by atoms with Gasteiger partial charge in [-0.2, -0.15) is 13.2 Å². The molecular weight excluding hydrogens is 425 g/mol. The smallest absolute Gasteiger partial charge is 0.417 e. The zero-order valence-electron chi connectivity index (χ0n) is 16.9. The van der Waals surface area contributed by atoms with Gasteiger partial charge in [-0.25, -0.2) is 0 Å². The van der Waals surface area contributed by atoms with Gasteiger partial charge in [-0.05, 0) is 49.6 Å². The predicted molar refractivity (Wildman–Crippen MR) is 108 cm³/mol. The molecule has 4 aromatic rings. The number of ether oxygens (including phenoxy) is 1. The van der Waals surface area contributed by atoms with E-state index in [2.05, 4.69) is 15.5 Å². The Bertz CT molecular complexity index is 1310. The Labute approximate surface area is 180 Å². The van der Waals surface area contributed by atoms with Crippen LogP contribution in [0.1, 0.15) is 35.6 Å². The summed E-state index contributed by atoms with van der Waals surface area (Å²) in [5.74, 6) is 1.33. The first-order chi connectivity index (χ1) is 15.4. The first-order valence-electron chi connectivity index (χ1n) is 10.2. The molecule has 0 saturated carbocycles. The summed E-state index contributed by atoms with van der Waals surface area (Å²) < 4.78 is 51.6. The maximum absolute atomic E-state index is 13.0. The Kier molecular flexibility index (Phi) is 4.99. The minimum Gasteiger partial charge on any atom is -0.484 e. The molecule has 3 heterocycles. The predicted octanol–water partition coefficient (Wildman–Crippen LogP) is 4.07. The molecule has 0 saturated heterocycles. The Balaban J connectivity index is 1.23. The number of pyridine rings is 1. The number of furan rings is 1. The lowest BCUT2D eigenvalue weighted by Crippen LogP contribution is -2.29. The van der Waals surface area contributed by atoms with E-state index in [-0.39, 0.29) is 24.6 Å². The molecule has 3 aromatic heterocycles. The lowest BCUT2D eigenvalue weighted by molar-refractivity contribution is -0.137. The summed E-state index contributed by atoms with van der Waals surface area (Å²) in [6.45, 7) is -0.324. The lowest BCUT2D eigenvalue weighted by atomic mass is 9.96. The third kappa shape index (κ3) is 3.88. The number of benzene rings is 1. The first kappa shape index (κ1) is 20.3. The van der Waals surface area contributed by atoms with Gasteiger partial charge in [0, 0.05) is 23.6 Å². The maximum atomic E-state index is 13.0. The van der Waals surface area contributed by atoms with Crippen molar-refractivity contribution >= 4 is 22.5 Å². The second kappa shape index (κ2) is 7.85. The standard InChI is InChI=1S/C22H19F3N4O3/c23-22(24,25)13-5-8-19-27-28-20(29(19)11-13)10-26-21(30)12-31-14-6-7-18-16(9-14)15-3-1-2-4-17(15)32-18/h5-9,11H,1-4,10,12H2,(H,26,30). The summed E-state index contributed by atoms with van der Waals surface area (Å²) in [6.07, 6.45) is 0.571. The van der Waals surface area contributed by atoms with E-state index in [4.69, 9.17) is 9.15 Å². The van der Waals surface area contributed by atoms with E-state index < -0.39 is 17.6 Å². The molecule has 1 amide bonds. The monoisotopic (exact) mass is 444 g/mol. The van der Waals surface area contributed by atoms with Crippen molar-refractivity contribution in [3.05, 3.63) is 59.2 Å². The molecule has 10 heteroatoms. The van der Waals surface area contributed by atoms with Crippen molar-refractivity contribution in [1.29, 1.82) is 0 Å². The van der Waals surface area contributed by atoms with Crippen LogP contribution in [0.15, 0.2) is 40.9 Å². The average molecular weight is 444 g/mol. The molecule has 1 aromatic carbocycles. The van der Waals surface area contributed by atoms with Crippen LogP contribution in [0.25, 0.3) is 16.6 Å². The van der Waals surface area contributed by atoms with Crippen LogP contribution in [0.5, 0.6) is 5.75 Å². The van der Waals surface area contributed by atoms with Gasteiger partial charge < -0.3 is 14.5 Å². The van der Waals surface area contributed by atoms with Gasteiger partial charge in [0.1, 0.15) is 17.1 Å². The van der Waals surface area contributed by atoms with Crippen molar-refractivity contribution < 1.29 is 27.1 Å². The normalized spacial score (nSPS) is 14.0. The number of nitrogens with one attached hydrogen (secondary N) is 1. The average Bonchev–Trinajstić information content (AvgIpc) is 3.36. The summed E-state index contributed by atoms with van der Waals surface area (Å²) >= 11 is 0. The van der Waals surface area contributed by atoms with Crippen LogP contribution in [-0.4, -0.2) is 27.1 Å². The zero-order chi connectivity index (χ0) is 22.3. The number of nitrogens with zero attached hydrogens (tertiary/aromatic N) is 3. The molecule has 0 unspecified atom stereocenters. The van der Waals surface area contributed by atoms with Gasteiger partial charge in [0.15, 0.2) is 18.1 Å². The second-order valence-corrected chi connectivity index (χ2v) is 7.69. The molecule has 7 nitrogen and oxygen atoms in total. The molecule has 32 heavy (non-hydrogen) atoms. The number of carbonyl (C=O) groups is 1. The third-order valence-corrected chi connectivity index (χ3v) is 5.54. The molecule has 5 rings (SSSR count). The molecule has 1 aliphatic carbocycles. The van der Waals surface area contributed by atoms with E-state index in [0.29, 0.717) is 5.75 Å². The minimum absolute atomic E-state index is 0.0844. The number of halogens is 3. The zero-order valence-corrected chi connectivity index (χ0v) is 16.9. The molecule has 0 bridgehead atoms. The summed E-state index contributed by atoms with van der Waals surface area (Å²) in [6, 6.07) is 7.63. The van der Waals surface area contributed by atoms with Crippen LogP contribution in [0.4, 0.5) is 13.2 Å². The van der Waals surface area contributed by atoms with E-state index in [9.17, 15) is 18.0 Å². The minimum atomic E-state index is -4.48. The van der Waals surface area contributed by atoms with Crippen molar-refractivity contribution in [1.82, 2.24) is 19.9 Å². The number of alkyl halides is 3. The van der Waals surface area contributed by atoms with Gasteiger partial charge in [0.25, 0.3) is 5.91 Å². The third-order valence-electron chi connectivity index (χ3n) is 5.54. The Morgan fingerprint density at radius 3 is 2.84 bits per heavy atom. The number of carbonyl (C=O) groups excluding carboxylic acids is 1. The van der Waals surface area contributed by atoms with E-state index in [1.165, 1.54) is 16.0 Å². The SMILES string of the molecule is O=C(COc1ccc2oc3c(c2c1)CCCC3)NCc1nnc2ccc(C(F)(F)F)cn12. The van der Waals surface area contributed by atoms with Crippen LogP contribution in [0.2, 0.25) is 0 Å². The van der Waals surface area contributed by atoms with Crippen LogP contribution in [0.3, 0.4) is 0 Å². The fourth-order valence-electron chi connectivity index (χ4n) is 3.94. The van der Waals surface area contributed by atoms with Crippen molar-refractivity contribution in [3.8, 4) is 5.75 Å². The number of rotatable bonds is 5. The van der Waals surface area contributed by atoms with Gasteiger partial charge in [-0.3, -0.25) is 9.20 Å². The van der Waals surface area contributed by atoms with Crippen molar-refractivity contribution in [2.45, 2.75) is 38.4 Å². The van der Waals surface area contributed by atoms with Gasteiger partial charge in [0.05, 0.1) is 12.1 Å². The number of aryl methyl sites for hydroxylation is 2. The Morgan fingerprint density at radius 1 is 1.16 bits per heavy atom. The Hall–Kier alpha value is -3.56.